The van der Waals surface area contributed by atoms with Crippen molar-refractivity contribution in [3.8, 4) is 0 Å². The van der Waals surface area contributed by atoms with Crippen LogP contribution in [0, 0.1) is 0 Å². The lowest BCUT2D eigenvalue weighted by atomic mass is 10.4. The van der Waals surface area contributed by atoms with Crippen molar-refractivity contribution in [2.75, 3.05) is 33.9 Å². The van der Waals surface area contributed by atoms with Gasteiger partial charge in [0, 0.05) is 26.1 Å². The predicted molar refractivity (Wildman–Crippen MR) is 64.0 cm³/mol. The molecule has 6 nitrogen and oxygen atoms in total. The van der Waals surface area contributed by atoms with Crippen LogP contribution in [0.15, 0.2) is 10.9 Å². The average molecular weight is 257 g/mol. The van der Waals surface area contributed by atoms with Crippen molar-refractivity contribution < 1.29 is 14.3 Å². The fourth-order valence-electron chi connectivity index (χ4n) is 1.15. The van der Waals surface area contributed by atoms with Gasteiger partial charge in [0.15, 0.2) is 0 Å². The third-order valence-electron chi connectivity index (χ3n) is 2.01. The summed E-state index contributed by atoms with van der Waals surface area (Å²) >= 11 is 1.35. The maximum atomic E-state index is 11.7. The molecule has 1 heterocycles. The Morgan fingerprint density at radius 1 is 1.59 bits per heavy atom. The molecule has 1 rings (SSSR count). The van der Waals surface area contributed by atoms with Crippen molar-refractivity contribution in [3.05, 3.63) is 16.6 Å². The van der Waals surface area contributed by atoms with Crippen LogP contribution in [0.2, 0.25) is 0 Å². The molecule has 0 aliphatic carbocycles. The highest BCUT2D eigenvalue weighted by molar-refractivity contribution is 7.07. The summed E-state index contributed by atoms with van der Waals surface area (Å²) in [5.41, 5.74) is 1.95. The number of nitrogens with zero attached hydrogens (tertiary/aromatic N) is 2. The zero-order valence-corrected chi connectivity index (χ0v) is 10.6. The first-order chi connectivity index (χ1) is 8.15. The molecule has 17 heavy (non-hydrogen) atoms. The molecule has 1 aromatic heterocycles. The maximum Gasteiger partial charge on any atom is 0.273 e. The van der Waals surface area contributed by atoms with Gasteiger partial charge in [0.2, 0.25) is 5.91 Å². The van der Waals surface area contributed by atoms with Crippen LogP contribution in [0.5, 0.6) is 0 Å². The van der Waals surface area contributed by atoms with Gasteiger partial charge in [0.05, 0.1) is 18.7 Å². The summed E-state index contributed by atoms with van der Waals surface area (Å²) in [5, 5.41) is 4.29. The Morgan fingerprint density at radius 3 is 2.94 bits per heavy atom. The van der Waals surface area contributed by atoms with E-state index in [1.54, 1.807) is 25.0 Å². The van der Waals surface area contributed by atoms with Gasteiger partial charge in [-0.15, -0.1) is 11.3 Å². The molecule has 1 aromatic rings. The molecule has 0 bridgehead atoms. The van der Waals surface area contributed by atoms with E-state index in [1.807, 2.05) is 0 Å². The number of thiazole rings is 1. The first-order valence-corrected chi connectivity index (χ1v) is 5.98. The first-order valence-electron chi connectivity index (χ1n) is 5.04. The average Bonchev–Trinajstić information content (AvgIpc) is 2.81. The molecule has 0 aromatic carbocycles. The number of likely N-dealkylation sites (N-methyl/N-ethyl adjacent to an activating group) is 1. The van der Waals surface area contributed by atoms with Crippen LogP contribution in [0.4, 0.5) is 0 Å². The summed E-state index contributed by atoms with van der Waals surface area (Å²) < 4.78 is 4.80. The van der Waals surface area contributed by atoms with Crippen LogP contribution in [0.25, 0.3) is 0 Å². The monoisotopic (exact) mass is 257 g/mol. The highest BCUT2D eigenvalue weighted by Gasteiger charge is 2.15. The molecule has 2 amide bonds. The standard InChI is InChI=1S/C10H15N3O3S/c1-13(5-9(14)11-3-4-16-2)10(15)8-6-17-7-12-8/h6-7H,3-5H2,1-2H3,(H,11,14). The Morgan fingerprint density at radius 2 is 2.35 bits per heavy atom. The van der Waals surface area contributed by atoms with E-state index in [0.717, 1.165) is 0 Å². The molecule has 0 saturated carbocycles. The van der Waals surface area contributed by atoms with E-state index in [9.17, 15) is 9.59 Å². The van der Waals surface area contributed by atoms with Crippen LogP contribution < -0.4 is 5.32 Å². The van der Waals surface area contributed by atoms with E-state index in [4.69, 9.17) is 4.74 Å². The zero-order valence-electron chi connectivity index (χ0n) is 9.80. The number of carbonyl (C=O) groups excluding carboxylic acids is 2. The minimum absolute atomic E-state index is 0.0140. The molecule has 7 heteroatoms. The molecule has 0 fully saturated rings. The summed E-state index contributed by atoms with van der Waals surface area (Å²) in [6.45, 7) is 0.906. The van der Waals surface area contributed by atoms with Crippen molar-refractivity contribution in [2.45, 2.75) is 0 Å². The largest absolute Gasteiger partial charge is 0.383 e. The number of nitrogens with one attached hydrogen (secondary N) is 1. The van der Waals surface area contributed by atoms with E-state index < -0.39 is 0 Å². The molecule has 1 N–H and O–H groups in total. The summed E-state index contributed by atoms with van der Waals surface area (Å²) in [7, 11) is 3.13. The Balaban J connectivity index is 2.36. The number of carbonyl (C=O) groups is 2. The Hall–Kier alpha value is -1.47. The SMILES string of the molecule is COCCNC(=O)CN(C)C(=O)c1cscn1. The number of hydrogen-bond acceptors (Lipinski definition) is 5. The first kappa shape index (κ1) is 13.6. The number of rotatable bonds is 6. The number of methoxy groups -OCH3 is 1. The molecule has 0 radical (unpaired) electrons. The quantitative estimate of drug-likeness (QED) is 0.727. The molecular weight excluding hydrogens is 242 g/mol. The zero-order chi connectivity index (χ0) is 12.7. The van der Waals surface area contributed by atoms with E-state index in [2.05, 4.69) is 10.3 Å². The molecule has 0 atom stereocenters. The highest BCUT2D eigenvalue weighted by Crippen LogP contribution is 2.03. The number of hydrogen-bond donors (Lipinski definition) is 1. The normalized spacial score (nSPS) is 10.0. The van der Waals surface area contributed by atoms with E-state index in [1.165, 1.54) is 16.2 Å². The fraction of sp³-hybridized carbons (Fsp3) is 0.500. The second kappa shape index (κ2) is 6.97. The van der Waals surface area contributed by atoms with Crippen molar-refractivity contribution in [2.24, 2.45) is 0 Å². The lowest BCUT2D eigenvalue weighted by Gasteiger charge is -2.15. The van der Waals surface area contributed by atoms with Crippen molar-refractivity contribution in [3.63, 3.8) is 0 Å². The van der Waals surface area contributed by atoms with Gasteiger partial charge in [-0.1, -0.05) is 0 Å². The molecule has 0 aliphatic heterocycles. The molecule has 0 saturated heterocycles. The van der Waals surface area contributed by atoms with Crippen molar-refractivity contribution in [1.29, 1.82) is 0 Å². The fourth-order valence-corrected chi connectivity index (χ4v) is 1.68. The topological polar surface area (TPSA) is 71.5 Å². The minimum atomic E-state index is -0.256. The lowest BCUT2D eigenvalue weighted by Crippen LogP contribution is -2.39. The maximum absolute atomic E-state index is 11.7. The van der Waals surface area contributed by atoms with Gasteiger partial charge in [-0.05, 0) is 0 Å². The van der Waals surface area contributed by atoms with Crippen molar-refractivity contribution in [1.82, 2.24) is 15.2 Å². The van der Waals surface area contributed by atoms with Gasteiger partial charge >= 0.3 is 0 Å². The van der Waals surface area contributed by atoms with Gasteiger partial charge in [-0.3, -0.25) is 9.59 Å². The van der Waals surface area contributed by atoms with Crippen LogP contribution in [0.3, 0.4) is 0 Å². The summed E-state index contributed by atoms with van der Waals surface area (Å²) in [4.78, 5) is 28.4. The molecule has 94 valence electrons. The molecule has 0 aliphatic rings. The molecule has 0 unspecified atom stereocenters. The third kappa shape index (κ3) is 4.49. The predicted octanol–water partition coefficient (Wildman–Crippen LogP) is -0.0223. The van der Waals surface area contributed by atoms with E-state index in [0.29, 0.717) is 18.8 Å². The van der Waals surface area contributed by atoms with Crippen LogP contribution in [-0.2, 0) is 9.53 Å². The van der Waals surface area contributed by atoms with Gasteiger partial charge in [0.1, 0.15) is 5.69 Å². The summed E-state index contributed by atoms with van der Waals surface area (Å²) in [5.74, 6) is -0.471. The smallest absolute Gasteiger partial charge is 0.273 e. The lowest BCUT2D eigenvalue weighted by molar-refractivity contribution is -0.121. The number of aromatic nitrogens is 1. The van der Waals surface area contributed by atoms with Gasteiger partial charge in [0.25, 0.3) is 5.91 Å². The number of ether oxygens (including phenoxy) is 1. The molecule has 0 spiro atoms. The Labute approximate surface area is 104 Å². The van der Waals surface area contributed by atoms with E-state index >= 15 is 0 Å². The van der Waals surface area contributed by atoms with Crippen molar-refractivity contribution >= 4 is 23.2 Å². The minimum Gasteiger partial charge on any atom is -0.383 e. The second-order valence-electron chi connectivity index (χ2n) is 3.38. The second-order valence-corrected chi connectivity index (χ2v) is 4.10. The Bertz CT molecular complexity index is 367. The van der Waals surface area contributed by atoms with Crippen LogP contribution in [0.1, 0.15) is 10.5 Å². The highest BCUT2D eigenvalue weighted by atomic mass is 32.1. The summed E-state index contributed by atoms with van der Waals surface area (Å²) in [6, 6.07) is 0. The third-order valence-corrected chi connectivity index (χ3v) is 2.59. The number of amides is 2. The van der Waals surface area contributed by atoms with E-state index in [-0.39, 0.29) is 18.4 Å². The summed E-state index contributed by atoms with van der Waals surface area (Å²) in [6.07, 6.45) is 0. The molecular formula is C10H15N3O3S. The Kier molecular flexibility index (Phi) is 5.58. The van der Waals surface area contributed by atoms with Gasteiger partial charge < -0.3 is 15.0 Å². The van der Waals surface area contributed by atoms with Crippen LogP contribution >= 0.6 is 11.3 Å². The van der Waals surface area contributed by atoms with Gasteiger partial charge in [-0.2, -0.15) is 0 Å². The van der Waals surface area contributed by atoms with Gasteiger partial charge in [-0.25, -0.2) is 4.98 Å². The van der Waals surface area contributed by atoms with Crippen LogP contribution in [-0.4, -0.2) is 55.6 Å².